The Morgan fingerprint density at radius 1 is 1.39 bits per heavy atom. The number of thiazole rings is 1. The van der Waals surface area contributed by atoms with Crippen LogP contribution in [-0.4, -0.2) is 32.0 Å². The number of aromatic nitrogens is 1. The zero-order valence-corrected chi connectivity index (χ0v) is 16.2. The Labute approximate surface area is 151 Å². The van der Waals surface area contributed by atoms with E-state index in [9.17, 15) is 8.42 Å². The normalized spacial score (nSPS) is 21.8. The van der Waals surface area contributed by atoms with Crippen molar-refractivity contribution < 1.29 is 8.42 Å². The van der Waals surface area contributed by atoms with Crippen molar-refractivity contribution in [3.05, 3.63) is 22.5 Å². The van der Waals surface area contributed by atoms with Crippen LogP contribution < -0.4 is 10.0 Å². The molecule has 0 radical (unpaired) electrons. The van der Waals surface area contributed by atoms with Crippen molar-refractivity contribution in [3.8, 4) is 10.6 Å². The fourth-order valence-corrected chi connectivity index (χ4v) is 5.86. The summed E-state index contributed by atoms with van der Waals surface area (Å²) in [7, 11) is -3.47. The first-order chi connectivity index (χ1) is 10.5. The van der Waals surface area contributed by atoms with Gasteiger partial charge in [0.1, 0.15) is 4.21 Å². The van der Waals surface area contributed by atoms with Gasteiger partial charge >= 0.3 is 0 Å². The Bertz CT molecular complexity index is 757. The second-order valence-corrected chi connectivity index (χ2v) is 9.57. The largest absolute Gasteiger partial charge is 0.313 e. The smallest absolute Gasteiger partial charge is 0.250 e. The quantitative estimate of drug-likeness (QED) is 0.837. The molecule has 2 unspecified atom stereocenters. The van der Waals surface area contributed by atoms with Gasteiger partial charge in [-0.05, 0) is 45.4 Å². The maximum Gasteiger partial charge on any atom is 0.250 e. The molecule has 2 N–H and O–H groups in total. The third-order valence-electron chi connectivity index (χ3n) is 3.79. The minimum atomic E-state index is -3.47. The van der Waals surface area contributed by atoms with E-state index in [2.05, 4.69) is 15.0 Å². The second-order valence-electron chi connectivity index (χ2n) is 5.48. The molecule has 128 valence electrons. The third-order valence-corrected chi connectivity index (χ3v) is 7.65. The number of halogens is 1. The van der Waals surface area contributed by atoms with E-state index in [1.165, 1.54) is 11.3 Å². The van der Waals surface area contributed by atoms with Gasteiger partial charge < -0.3 is 5.32 Å². The van der Waals surface area contributed by atoms with E-state index < -0.39 is 10.0 Å². The number of piperidine rings is 1. The van der Waals surface area contributed by atoms with E-state index in [4.69, 9.17) is 0 Å². The third kappa shape index (κ3) is 4.32. The number of nitrogens with one attached hydrogen (secondary N) is 2. The zero-order chi connectivity index (χ0) is 15.7. The van der Waals surface area contributed by atoms with Gasteiger partial charge in [-0.1, -0.05) is 0 Å². The van der Waals surface area contributed by atoms with Crippen molar-refractivity contribution in [2.24, 2.45) is 0 Å². The van der Waals surface area contributed by atoms with E-state index in [1.807, 2.05) is 25.3 Å². The molecule has 2 aromatic heterocycles. The van der Waals surface area contributed by atoms with E-state index in [-0.39, 0.29) is 24.5 Å². The number of rotatable bonds is 4. The minimum absolute atomic E-state index is 0. The van der Waals surface area contributed by atoms with Gasteiger partial charge in [0.2, 0.25) is 10.0 Å². The van der Waals surface area contributed by atoms with Gasteiger partial charge in [-0.3, -0.25) is 0 Å². The van der Waals surface area contributed by atoms with Crippen LogP contribution in [0, 0.1) is 6.92 Å². The van der Waals surface area contributed by atoms with E-state index >= 15 is 0 Å². The molecule has 3 rings (SSSR count). The molecule has 1 aliphatic heterocycles. The summed E-state index contributed by atoms with van der Waals surface area (Å²) in [5.41, 5.74) is 0.849. The molecule has 2 atom stereocenters. The summed E-state index contributed by atoms with van der Waals surface area (Å²) in [4.78, 5) is 5.30. The maximum absolute atomic E-state index is 12.5. The van der Waals surface area contributed by atoms with E-state index in [1.54, 1.807) is 17.4 Å². The van der Waals surface area contributed by atoms with Gasteiger partial charge in [0, 0.05) is 17.5 Å². The Morgan fingerprint density at radius 3 is 2.83 bits per heavy atom. The Kier molecular flexibility index (Phi) is 6.21. The highest BCUT2D eigenvalue weighted by Gasteiger charge is 2.27. The number of aryl methyl sites for hydroxylation is 1. The fraction of sp³-hybridized carbons (Fsp3) is 0.500. The highest BCUT2D eigenvalue weighted by molar-refractivity contribution is 7.91. The van der Waals surface area contributed by atoms with Crippen LogP contribution in [0.25, 0.3) is 10.6 Å². The van der Waals surface area contributed by atoms with E-state index in [0.717, 1.165) is 35.0 Å². The maximum atomic E-state index is 12.5. The van der Waals surface area contributed by atoms with Crippen molar-refractivity contribution in [2.45, 2.75) is 43.0 Å². The lowest BCUT2D eigenvalue weighted by Gasteiger charge is -2.30. The summed E-state index contributed by atoms with van der Waals surface area (Å²) >= 11 is 2.84. The number of hydrogen-bond acceptors (Lipinski definition) is 6. The van der Waals surface area contributed by atoms with Gasteiger partial charge in [0.05, 0.1) is 15.6 Å². The SMILES string of the molecule is Cc1nc(-c2ccc(S(=O)(=O)NC3CCCNC3C)s2)cs1.Cl. The number of hydrogen-bond donors (Lipinski definition) is 2. The second kappa shape index (κ2) is 7.58. The van der Waals surface area contributed by atoms with Crippen LogP contribution >= 0.6 is 35.1 Å². The monoisotopic (exact) mass is 393 g/mol. The van der Waals surface area contributed by atoms with Crippen LogP contribution in [0.2, 0.25) is 0 Å². The summed E-state index contributed by atoms with van der Waals surface area (Å²) in [6, 6.07) is 3.60. The van der Waals surface area contributed by atoms with Gasteiger partial charge in [0.15, 0.2) is 0 Å². The van der Waals surface area contributed by atoms with Crippen molar-refractivity contribution in [2.75, 3.05) is 6.54 Å². The first-order valence-corrected chi connectivity index (χ1v) is 10.4. The molecule has 0 amide bonds. The summed E-state index contributed by atoms with van der Waals surface area (Å²) in [6.45, 7) is 4.91. The molecule has 9 heteroatoms. The molecule has 0 aliphatic carbocycles. The first-order valence-electron chi connectivity index (χ1n) is 7.24. The van der Waals surface area contributed by atoms with Gasteiger partial charge in [0.25, 0.3) is 0 Å². The lowest BCUT2D eigenvalue weighted by atomic mass is 10.0. The Balaban J connectivity index is 0.00000192. The molecule has 5 nitrogen and oxygen atoms in total. The molecule has 3 heterocycles. The first kappa shape index (κ1) is 18.8. The summed E-state index contributed by atoms with van der Waals surface area (Å²) in [5, 5.41) is 6.24. The standard InChI is InChI=1S/C14H19N3O2S3.ClH/c1-9-11(4-3-7-15-9)17-22(18,19)14-6-5-13(21-14)12-8-20-10(2)16-12;/h5-6,8-9,11,15,17H,3-4,7H2,1-2H3;1H. The average Bonchev–Trinajstić information content (AvgIpc) is 3.10. The lowest BCUT2D eigenvalue weighted by molar-refractivity contribution is 0.349. The molecule has 0 bridgehead atoms. The molecule has 23 heavy (non-hydrogen) atoms. The minimum Gasteiger partial charge on any atom is -0.313 e. The number of sulfonamides is 1. The predicted octanol–water partition coefficient (Wildman–Crippen LogP) is 3.02. The average molecular weight is 394 g/mol. The Hall–Kier alpha value is -0.510. The summed E-state index contributed by atoms with van der Waals surface area (Å²) in [5.74, 6) is 0. The van der Waals surface area contributed by atoms with Crippen molar-refractivity contribution in [1.82, 2.24) is 15.0 Å². The Morgan fingerprint density at radius 2 is 2.17 bits per heavy atom. The van der Waals surface area contributed by atoms with Crippen molar-refractivity contribution in [1.29, 1.82) is 0 Å². The topological polar surface area (TPSA) is 71.1 Å². The zero-order valence-electron chi connectivity index (χ0n) is 12.9. The highest BCUT2D eigenvalue weighted by Crippen LogP contribution is 2.31. The van der Waals surface area contributed by atoms with Crippen LogP contribution in [0.15, 0.2) is 21.7 Å². The molecule has 1 saturated heterocycles. The molecule has 1 fully saturated rings. The predicted molar refractivity (Wildman–Crippen MR) is 98.2 cm³/mol. The van der Waals surface area contributed by atoms with E-state index in [0.29, 0.717) is 4.21 Å². The molecular formula is C14H20ClN3O2S3. The summed E-state index contributed by atoms with van der Waals surface area (Å²) in [6.07, 6.45) is 1.86. The number of thiophene rings is 1. The summed E-state index contributed by atoms with van der Waals surface area (Å²) < 4.78 is 28.3. The molecule has 2 aromatic rings. The molecule has 0 aromatic carbocycles. The highest BCUT2D eigenvalue weighted by atomic mass is 35.5. The van der Waals surface area contributed by atoms with Crippen LogP contribution in [0.5, 0.6) is 0 Å². The van der Waals surface area contributed by atoms with Gasteiger partial charge in [-0.25, -0.2) is 18.1 Å². The van der Waals surface area contributed by atoms with Crippen LogP contribution in [-0.2, 0) is 10.0 Å². The van der Waals surface area contributed by atoms with Gasteiger partial charge in [-0.15, -0.1) is 35.1 Å². The molecular weight excluding hydrogens is 374 g/mol. The fourth-order valence-electron chi connectivity index (χ4n) is 2.54. The van der Waals surface area contributed by atoms with Crippen LogP contribution in [0.1, 0.15) is 24.8 Å². The van der Waals surface area contributed by atoms with Crippen LogP contribution in [0.4, 0.5) is 0 Å². The lowest BCUT2D eigenvalue weighted by Crippen LogP contribution is -2.51. The number of nitrogens with zero attached hydrogens (tertiary/aromatic N) is 1. The molecule has 0 spiro atoms. The van der Waals surface area contributed by atoms with Gasteiger partial charge in [-0.2, -0.15) is 0 Å². The van der Waals surface area contributed by atoms with Crippen molar-refractivity contribution in [3.63, 3.8) is 0 Å². The van der Waals surface area contributed by atoms with Crippen molar-refractivity contribution >= 4 is 45.1 Å². The molecule has 0 saturated carbocycles. The molecule has 1 aliphatic rings. The van der Waals surface area contributed by atoms with Crippen LogP contribution in [0.3, 0.4) is 0 Å².